The first-order valence-electron chi connectivity index (χ1n) is 14.4. The summed E-state index contributed by atoms with van der Waals surface area (Å²) in [6.07, 6.45) is -0.141. The fourth-order valence-electron chi connectivity index (χ4n) is 5.57. The lowest BCUT2D eigenvalue weighted by atomic mass is 9.93. The van der Waals surface area contributed by atoms with Crippen LogP contribution < -0.4 is 9.47 Å². The van der Waals surface area contributed by atoms with Gasteiger partial charge in [-0.05, 0) is 75.2 Å². The van der Waals surface area contributed by atoms with Gasteiger partial charge in [0, 0.05) is 35.2 Å². The maximum atomic E-state index is 14.6. The summed E-state index contributed by atoms with van der Waals surface area (Å²) in [5.74, 6) is 1.52. The third-order valence-electron chi connectivity index (χ3n) is 7.64. The molecule has 2 atom stereocenters. The Hall–Kier alpha value is -3.75. The molecule has 1 saturated heterocycles. The number of carbonyl (C=O) groups excluding carboxylic acids is 2. The first-order chi connectivity index (χ1) is 20.6. The van der Waals surface area contributed by atoms with Gasteiger partial charge in [-0.2, -0.15) is 0 Å². The van der Waals surface area contributed by atoms with Gasteiger partial charge in [0.15, 0.2) is 0 Å². The molecule has 0 aromatic heterocycles. The van der Waals surface area contributed by atoms with Crippen molar-refractivity contribution in [3.05, 3.63) is 93.5 Å². The lowest BCUT2D eigenvalue weighted by Crippen LogP contribution is -2.57. The van der Waals surface area contributed by atoms with Crippen LogP contribution >= 0.6 is 23.2 Å². The Labute approximate surface area is 262 Å². The van der Waals surface area contributed by atoms with Crippen LogP contribution in [0.25, 0.3) is 0 Å². The zero-order chi connectivity index (χ0) is 30.8. The van der Waals surface area contributed by atoms with E-state index in [1.54, 1.807) is 27.9 Å². The van der Waals surface area contributed by atoms with E-state index in [2.05, 4.69) is 0 Å². The first kappa shape index (κ1) is 30.7. The molecular formula is C33H36Cl2N4O4. The van der Waals surface area contributed by atoms with E-state index in [4.69, 9.17) is 37.7 Å². The van der Waals surface area contributed by atoms with Gasteiger partial charge in [0.25, 0.3) is 0 Å². The maximum Gasteiger partial charge on any atom is 0.326 e. The Morgan fingerprint density at radius 1 is 0.907 bits per heavy atom. The van der Waals surface area contributed by atoms with Crippen LogP contribution in [0.3, 0.4) is 0 Å². The number of carbonyl (C=O) groups is 2. The normalized spacial score (nSPS) is 18.9. The van der Waals surface area contributed by atoms with Gasteiger partial charge < -0.3 is 19.3 Å². The van der Waals surface area contributed by atoms with E-state index < -0.39 is 12.1 Å². The molecule has 0 spiro atoms. The van der Waals surface area contributed by atoms with Crippen molar-refractivity contribution in [1.82, 2.24) is 14.7 Å². The van der Waals surface area contributed by atoms with E-state index in [-0.39, 0.29) is 30.6 Å². The number of amides is 3. The van der Waals surface area contributed by atoms with Crippen LogP contribution in [0.1, 0.15) is 56.5 Å². The van der Waals surface area contributed by atoms with E-state index in [0.29, 0.717) is 46.0 Å². The second kappa shape index (κ2) is 12.9. The van der Waals surface area contributed by atoms with Crippen molar-refractivity contribution in [1.29, 1.82) is 0 Å². The number of benzene rings is 3. The average Bonchev–Trinajstić information content (AvgIpc) is 3.37. The van der Waals surface area contributed by atoms with Crippen LogP contribution in [0, 0.1) is 0 Å². The number of urea groups is 1. The van der Waals surface area contributed by atoms with Crippen LogP contribution in [0.2, 0.25) is 10.0 Å². The van der Waals surface area contributed by atoms with Crippen LogP contribution in [-0.4, -0.2) is 71.4 Å². The molecule has 2 aliphatic heterocycles. The number of ether oxygens (including phenoxy) is 2. The Morgan fingerprint density at radius 3 is 2.09 bits per heavy atom. The average molecular weight is 624 g/mol. The lowest BCUT2D eigenvalue weighted by molar-refractivity contribution is -0.136. The van der Waals surface area contributed by atoms with Gasteiger partial charge in [-0.15, -0.1) is 0 Å². The number of halogens is 2. The number of hydrogen-bond acceptors (Lipinski definition) is 5. The summed E-state index contributed by atoms with van der Waals surface area (Å²) in [6, 6.07) is 19.2. The number of aliphatic imine (C=N–C) groups is 1. The molecule has 8 nitrogen and oxygen atoms in total. The molecule has 0 unspecified atom stereocenters. The van der Waals surface area contributed by atoms with E-state index >= 15 is 0 Å². The van der Waals surface area contributed by atoms with Crippen molar-refractivity contribution in [3.63, 3.8) is 0 Å². The highest BCUT2D eigenvalue weighted by molar-refractivity contribution is 6.30. The van der Waals surface area contributed by atoms with E-state index in [0.717, 1.165) is 11.1 Å². The van der Waals surface area contributed by atoms with Crippen molar-refractivity contribution in [3.8, 4) is 11.5 Å². The predicted molar refractivity (Wildman–Crippen MR) is 169 cm³/mol. The molecule has 10 heteroatoms. The molecule has 3 aromatic rings. The quantitative estimate of drug-likeness (QED) is 0.284. The minimum absolute atomic E-state index is 0.0162. The molecule has 43 heavy (non-hydrogen) atoms. The fraction of sp³-hybridized carbons (Fsp3) is 0.364. The van der Waals surface area contributed by atoms with Gasteiger partial charge in [0.05, 0.1) is 24.8 Å². The number of piperazine rings is 1. The highest BCUT2D eigenvalue weighted by Crippen LogP contribution is 2.46. The summed E-state index contributed by atoms with van der Waals surface area (Å²) in [5.41, 5.74) is 2.38. The van der Waals surface area contributed by atoms with Crippen molar-refractivity contribution in [2.75, 3.05) is 26.7 Å². The number of hydrogen-bond donors (Lipinski definition) is 0. The third kappa shape index (κ3) is 6.45. The highest BCUT2D eigenvalue weighted by atomic mass is 35.5. The van der Waals surface area contributed by atoms with Crippen LogP contribution in [0.4, 0.5) is 4.79 Å². The van der Waals surface area contributed by atoms with Gasteiger partial charge in [-0.3, -0.25) is 14.7 Å². The smallest absolute Gasteiger partial charge is 0.326 e. The molecule has 3 aromatic carbocycles. The molecule has 0 radical (unpaired) electrons. The van der Waals surface area contributed by atoms with Crippen molar-refractivity contribution in [2.45, 2.75) is 51.9 Å². The Morgan fingerprint density at radius 2 is 1.53 bits per heavy atom. The van der Waals surface area contributed by atoms with Crippen molar-refractivity contribution in [2.24, 2.45) is 4.99 Å². The summed E-state index contributed by atoms with van der Waals surface area (Å²) >= 11 is 12.5. The summed E-state index contributed by atoms with van der Waals surface area (Å²) in [5, 5.41) is 1.19. The lowest BCUT2D eigenvalue weighted by Gasteiger charge is -2.40. The minimum atomic E-state index is -0.534. The standard InChI is InChI=1S/C33H36Cl2N4O4/c1-20(2)38-17-16-37(19-29(38)40)33(41)39-31(23-8-12-25(35)13-9-23)30(22-6-10-24(34)11-7-22)36-32(39)27-15-14-26(42-5)18-28(27)43-21(3)4/h6-15,18,20-21,30-31H,16-17,19H2,1-5H3/t30-,31+/m1/s1. The SMILES string of the molecule is COc1ccc(C2=N[C@H](c3ccc(Cl)cc3)[C@H](c3ccc(Cl)cc3)N2C(=O)N2CCN(C(C)C)C(=O)C2)c(OC(C)C)c1. The van der Waals surface area contributed by atoms with Crippen LogP contribution in [-0.2, 0) is 4.79 Å². The van der Waals surface area contributed by atoms with E-state index in [9.17, 15) is 9.59 Å². The number of methoxy groups -OCH3 is 1. The molecule has 0 aliphatic carbocycles. The maximum absolute atomic E-state index is 14.6. The Bertz CT molecular complexity index is 1510. The van der Waals surface area contributed by atoms with Gasteiger partial charge >= 0.3 is 6.03 Å². The van der Waals surface area contributed by atoms with Crippen LogP contribution in [0.15, 0.2) is 71.7 Å². The van der Waals surface area contributed by atoms with E-state index in [1.807, 2.05) is 88.4 Å². The molecule has 0 N–H and O–H groups in total. The number of rotatable bonds is 7. The van der Waals surface area contributed by atoms with Gasteiger partial charge in [-0.1, -0.05) is 47.5 Å². The summed E-state index contributed by atoms with van der Waals surface area (Å²) in [6.45, 7) is 8.69. The molecule has 3 amide bonds. The monoisotopic (exact) mass is 622 g/mol. The fourth-order valence-corrected chi connectivity index (χ4v) is 5.82. The van der Waals surface area contributed by atoms with Crippen LogP contribution in [0.5, 0.6) is 11.5 Å². The first-order valence-corrected chi connectivity index (χ1v) is 15.1. The molecule has 226 valence electrons. The Kier molecular flexibility index (Phi) is 9.18. The molecule has 2 aliphatic rings. The second-order valence-electron chi connectivity index (χ2n) is 11.2. The van der Waals surface area contributed by atoms with Gasteiger partial charge in [0.1, 0.15) is 29.9 Å². The molecule has 5 rings (SSSR count). The predicted octanol–water partition coefficient (Wildman–Crippen LogP) is 7.01. The zero-order valence-corrected chi connectivity index (χ0v) is 26.5. The molecular weight excluding hydrogens is 587 g/mol. The molecule has 0 bridgehead atoms. The highest BCUT2D eigenvalue weighted by Gasteiger charge is 2.45. The van der Waals surface area contributed by atoms with E-state index in [1.165, 1.54) is 0 Å². The van der Waals surface area contributed by atoms with Gasteiger partial charge in [-0.25, -0.2) is 4.79 Å². The molecule has 2 heterocycles. The Balaban J connectivity index is 1.67. The number of amidine groups is 1. The summed E-state index contributed by atoms with van der Waals surface area (Å²) in [4.78, 5) is 38.1. The molecule has 0 saturated carbocycles. The minimum Gasteiger partial charge on any atom is -0.497 e. The molecule has 1 fully saturated rings. The third-order valence-corrected chi connectivity index (χ3v) is 8.14. The second-order valence-corrected chi connectivity index (χ2v) is 12.1. The largest absolute Gasteiger partial charge is 0.497 e. The topological polar surface area (TPSA) is 74.7 Å². The van der Waals surface area contributed by atoms with Crippen molar-refractivity contribution >= 4 is 41.0 Å². The summed E-state index contributed by atoms with van der Waals surface area (Å²) < 4.78 is 11.7. The van der Waals surface area contributed by atoms with Gasteiger partial charge in [0.2, 0.25) is 5.91 Å². The zero-order valence-electron chi connectivity index (χ0n) is 25.0. The number of nitrogens with zero attached hydrogens (tertiary/aromatic N) is 4. The van der Waals surface area contributed by atoms with Crippen molar-refractivity contribution < 1.29 is 19.1 Å². The summed E-state index contributed by atoms with van der Waals surface area (Å²) in [7, 11) is 1.60.